The largest absolute Gasteiger partial charge is 0.454 e. The Labute approximate surface area is 159 Å². The molecule has 3 amide bonds. The summed E-state index contributed by atoms with van der Waals surface area (Å²) in [5.74, 6) is -0.623. The molecule has 0 fully saturated rings. The summed E-state index contributed by atoms with van der Waals surface area (Å²) >= 11 is 5.96. The summed E-state index contributed by atoms with van der Waals surface area (Å²) in [6, 6.07) is 10.2. The van der Waals surface area contributed by atoms with Crippen LogP contribution in [0.3, 0.4) is 0 Å². The van der Waals surface area contributed by atoms with E-state index in [9.17, 15) is 14.4 Å². The molecule has 27 heavy (non-hydrogen) atoms. The van der Waals surface area contributed by atoms with Crippen LogP contribution < -0.4 is 25.6 Å². The van der Waals surface area contributed by atoms with Gasteiger partial charge in [0.15, 0.2) is 11.5 Å². The number of rotatable bonds is 4. The molecule has 9 heteroatoms. The first kappa shape index (κ1) is 18.5. The fraction of sp³-hybridized carbons (Fsp3) is 0.167. The summed E-state index contributed by atoms with van der Waals surface area (Å²) in [4.78, 5) is 36.4. The average molecular weight is 390 g/mol. The summed E-state index contributed by atoms with van der Waals surface area (Å²) in [7, 11) is 0. The normalized spacial score (nSPS) is 12.8. The van der Waals surface area contributed by atoms with Crippen LogP contribution in [0.5, 0.6) is 11.5 Å². The number of carbonyl (C=O) groups excluding carboxylic acids is 3. The zero-order chi connectivity index (χ0) is 19.4. The highest BCUT2D eigenvalue weighted by Crippen LogP contribution is 2.32. The Morgan fingerprint density at radius 2 is 1.74 bits per heavy atom. The van der Waals surface area contributed by atoms with Gasteiger partial charge in [0, 0.05) is 5.56 Å². The van der Waals surface area contributed by atoms with Gasteiger partial charge in [-0.15, -0.1) is 0 Å². The molecule has 140 valence electrons. The minimum absolute atomic E-state index is 0.0970. The van der Waals surface area contributed by atoms with E-state index in [-0.39, 0.29) is 22.9 Å². The lowest BCUT2D eigenvalue weighted by Gasteiger charge is -2.15. The van der Waals surface area contributed by atoms with Gasteiger partial charge in [0.25, 0.3) is 17.7 Å². The molecular formula is C18H16ClN3O5. The maximum Gasteiger partial charge on any atom is 0.269 e. The smallest absolute Gasteiger partial charge is 0.269 e. The summed E-state index contributed by atoms with van der Waals surface area (Å²) < 4.78 is 10.4. The van der Waals surface area contributed by atoms with E-state index >= 15 is 0 Å². The lowest BCUT2D eigenvalue weighted by atomic mass is 10.2. The lowest BCUT2D eigenvalue weighted by Crippen LogP contribution is -2.51. The fourth-order valence-corrected chi connectivity index (χ4v) is 2.54. The van der Waals surface area contributed by atoms with E-state index in [1.54, 1.807) is 30.3 Å². The molecule has 0 saturated carbocycles. The zero-order valence-electron chi connectivity index (χ0n) is 14.2. The van der Waals surface area contributed by atoms with Crippen LogP contribution in [0.25, 0.3) is 0 Å². The van der Waals surface area contributed by atoms with E-state index in [0.29, 0.717) is 11.5 Å². The van der Waals surface area contributed by atoms with Crippen molar-refractivity contribution in [2.45, 2.75) is 13.0 Å². The Hall–Kier alpha value is -3.26. The van der Waals surface area contributed by atoms with Crippen molar-refractivity contribution in [1.29, 1.82) is 0 Å². The Bertz CT molecular complexity index is 902. The topological polar surface area (TPSA) is 106 Å². The van der Waals surface area contributed by atoms with Crippen molar-refractivity contribution in [2.24, 2.45) is 0 Å². The highest BCUT2D eigenvalue weighted by Gasteiger charge is 2.20. The second-order valence-electron chi connectivity index (χ2n) is 5.69. The number of amides is 3. The number of hydrogen-bond donors (Lipinski definition) is 3. The number of fused-ring (bicyclic) bond motifs is 1. The van der Waals surface area contributed by atoms with Crippen molar-refractivity contribution in [1.82, 2.24) is 16.2 Å². The average Bonchev–Trinajstić information content (AvgIpc) is 3.13. The van der Waals surface area contributed by atoms with Gasteiger partial charge in [-0.1, -0.05) is 23.7 Å². The van der Waals surface area contributed by atoms with E-state index in [2.05, 4.69) is 16.2 Å². The lowest BCUT2D eigenvalue weighted by molar-refractivity contribution is -0.123. The van der Waals surface area contributed by atoms with Crippen LogP contribution in [-0.4, -0.2) is 30.6 Å². The first-order valence-corrected chi connectivity index (χ1v) is 8.39. The quantitative estimate of drug-likeness (QED) is 0.689. The number of nitrogens with one attached hydrogen (secondary N) is 3. The van der Waals surface area contributed by atoms with E-state index in [4.69, 9.17) is 21.1 Å². The molecule has 0 aliphatic carbocycles. The monoisotopic (exact) mass is 389 g/mol. The molecule has 0 bridgehead atoms. The number of hydrogen-bond acceptors (Lipinski definition) is 5. The van der Waals surface area contributed by atoms with Crippen molar-refractivity contribution in [3.8, 4) is 11.5 Å². The highest BCUT2D eigenvalue weighted by atomic mass is 35.5. The van der Waals surface area contributed by atoms with Crippen molar-refractivity contribution in [3.05, 3.63) is 58.6 Å². The Morgan fingerprint density at radius 3 is 2.52 bits per heavy atom. The predicted molar refractivity (Wildman–Crippen MR) is 96.6 cm³/mol. The minimum Gasteiger partial charge on any atom is -0.454 e. The van der Waals surface area contributed by atoms with Gasteiger partial charge in [-0.25, -0.2) is 0 Å². The van der Waals surface area contributed by atoms with Crippen LogP contribution in [-0.2, 0) is 4.79 Å². The molecule has 1 aliphatic heterocycles. The number of benzene rings is 2. The molecule has 3 rings (SSSR count). The number of hydrazine groups is 1. The fourth-order valence-electron chi connectivity index (χ4n) is 2.32. The van der Waals surface area contributed by atoms with E-state index in [0.717, 1.165) is 0 Å². The van der Waals surface area contributed by atoms with Gasteiger partial charge < -0.3 is 14.8 Å². The molecule has 1 atom stereocenters. The number of ether oxygens (including phenoxy) is 2. The van der Waals surface area contributed by atoms with Gasteiger partial charge in [-0.05, 0) is 37.3 Å². The standard InChI is InChI=1S/C18H16ClN3O5/c1-10(20-18(25)12-4-2-3-5-13(12)19)16(23)21-22-17(24)11-6-7-14-15(8-11)27-9-26-14/h2-8,10H,9H2,1H3,(H,20,25)(H,21,23)(H,22,24)/t10-/m0/s1. The molecule has 1 aliphatic rings. The summed E-state index contributed by atoms with van der Waals surface area (Å²) in [6.45, 7) is 1.58. The predicted octanol–water partition coefficient (Wildman–Crippen LogP) is 1.65. The third kappa shape index (κ3) is 4.29. The maximum atomic E-state index is 12.2. The maximum absolute atomic E-state index is 12.2. The van der Waals surface area contributed by atoms with Crippen molar-refractivity contribution >= 4 is 29.3 Å². The van der Waals surface area contributed by atoms with Crippen LogP contribution in [0, 0.1) is 0 Å². The minimum atomic E-state index is -0.897. The Kier molecular flexibility index (Phi) is 5.46. The molecule has 0 aromatic heterocycles. The molecular weight excluding hydrogens is 374 g/mol. The summed E-state index contributed by atoms with van der Waals surface area (Å²) in [5, 5.41) is 2.79. The summed E-state index contributed by atoms with van der Waals surface area (Å²) in [6.07, 6.45) is 0. The van der Waals surface area contributed by atoms with Crippen LogP contribution in [0.4, 0.5) is 0 Å². The van der Waals surface area contributed by atoms with E-state index < -0.39 is 23.8 Å². The zero-order valence-corrected chi connectivity index (χ0v) is 15.0. The number of halogens is 1. The molecule has 3 N–H and O–H groups in total. The third-order valence-electron chi connectivity index (χ3n) is 3.79. The van der Waals surface area contributed by atoms with E-state index in [1.807, 2.05) is 0 Å². The van der Waals surface area contributed by atoms with Gasteiger partial charge in [-0.3, -0.25) is 25.2 Å². The molecule has 2 aromatic rings. The molecule has 8 nitrogen and oxygen atoms in total. The Morgan fingerprint density at radius 1 is 1.00 bits per heavy atom. The number of carbonyl (C=O) groups is 3. The van der Waals surface area contributed by atoms with Gasteiger partial charge in [-0.2, -0.15) is 0 Å². The van der Waals surface area contributed by atoms with Gasteiger partial charge in [0.05, 0.1) is 10.6 Å². The molecule has 0 spiro atoms. The van der Waals surface area contributed by atoms with Crippen LogP contribution in [0.1, 0.15) is 27.6 Å². The Balaban J connectivity index is 1.53. The molecule has 0 saturated heterocycles. The van der Waals surface area contributed by atoms with Crippen LogP contribution in [0.2, 0.25) is 5.02 Å². The molecule has 0 radical (unpaired) electrons. The van der Waals surface area contributed by atoms with Crippen molar-refractivity contribution in [2.75, 3.05) is 6.79 Å². The summed E-state index contributed by atoms with van der Waals surface area (Å²) in [5.41, 5.74) is 5.08. The molecule has 2 aromatic carbocycles. The molecule has 1 heterocycles. The van der Waals surface area contributed by atoms with Crippen molar-refractivity contribution < 1.29 is 23.9 Å². The van der Waals surface area contributed by atoms with Gasteiger partial charge in [0.1, 0.15) is 6.04 Å². The van der Waals surface area contributed by atoms with Gasteiger partial charge >= 0.3 is 0 Å². The van der Waals surface area contributed by atoms with E-state index in [1.165, 1.54) is 19.1 Å². The van der Waals surface area contributed by atoms with Crippen LogP contribution >= 0.6 is 11.6 Å². The first-order chi connectivity index (χ1) is 13.0. The second-order valence-corrected chi connectivity index (χ2v) is 6.09. The second kappa shape index (κ2) is 7.96. The molecule has 0 unspecified atom stereocenters. The van der Waals surface area contributed by atoms with Gasteiger partial charge in [0.2, 0.25) is 6.79 Å². The SMILES string of the molecule is C[C@H](NC(=O)c1ccccc1Cl)C(=O)NNC(=O)c1ccc2c(c1)OCO2. The third-order valence-corrected chi connectivity index (χ3v) is 4.12. The first-order valence-electron chi connectivity index (χ1n) is 8.01. The van der Waals surface area contributed by atoms with Crippen molar-refractivity contribution in [3.63, 3.8) is 0 Å². The highest BCUT2D eigenvalue weighted by molar-refractivity contribution is 6.33. The van der Waals surface area contributed by atoms with Crippen LogP contribution in [0.15, 0.2) is 42.5 Å².